The quantitative estimate of drug-likeness (QED) is 0.581. The van der Waals surface area contributed by atoms with E-state index in [0.717, 1.165) is 35.7 Å². The molecule has 36 heavy (non-hydrogen) atoms. The Hall–Kier alpha value is -3.43. The summed E-state index contributed by atoms with van der Waals surface area (Å²) in [6.45, 7) is 6.49. The van der Waals surface area contributed by atoms with Crippen LogP contribution in [0.5, 0.6) is 5.75 Å². The third-order valence-corrected chi connectivity index (χ3v) is 6.48. The van der Waals surface area contributed by atoms with Crippen molar-refractivity contribution in [2.45, 2.75) is 19.4 Å². The average Bonchev–Trinajstić information content (AvgIpc) is 3.38. The van der Waals surface area contributed by atoms with E-state index in [2.05, 4.69) is 10.2 Å². The van der Waals surface area contributed by atoms with Crippen LogP contribution in [0.25, 0.3) is 0 Å². The maximum atomic E-state index is 13.6. The van der Waals surface area contributed by atoms with E-state index in [-0.39, 0.29) is 24.5 Å². The van der Waals surface area contributed by atoms with E-state index in [0.29, 0.717) is 39.3 Å². The van der Waals surface area contributed by atoms with Gasteiger partial charge in [-0.15, -0.1) is 0 Å². The summed E-state index contributed by atoms with van der Waals surface area (Å²) in [5, 5.41) is 9.15. The van der Waals surface area contributed by atoms with Gasteiger partial charge in [0.1, 0.15) is 12.3 Å². The first-order valence-electron chi connectivity index (χ1n) is 12.5. The number of hydrazone groups is 1. The molecule has 4 rings (SSSR count). The highest BCUT2D eigenvalue weighted by atomic mass is 16.5. The predicted octanol–water partition coefficient (Wildman–Crippen LogP) is 2.74. The smallest absolute Gasteiger partial charge is 0.317 e. The van der Waals surface area contributed by atoms with Crippen LogP contribution >= 0.6 is 0 Å². The number of carbonyl (C=O) groups is 2. The zero-order valence-corrected chi connectivity index (χ0v) is 21.1. The maximum Gasteiger partial charge on any atom is 0.317 e. The van der Waals surface area contributed by atoms with Crippen LogP contribution in [0.15, 0.2) is 59.7 Å². The number of urea groups is 1. The lowest BCUT2D eigenvalue weighted by Crippen LogP contribution is -2.49. The first kappa shape index (κ1) is 25.7. The van der Waals surface area contributed by atoms with E-state index in [9.17, 15) is 9.59 Å². The number of hydrogen-bond donors (Lipinski definition) is 1. The lowest BCUT2D eigenvalue weighted by Gasteiger charge is -2.31. The zero-order chi connectivity index (χ0) is 25.3. The average molecular weight is 494 g/mol. The largest absolute Gasteiger partial charge is 0.497 e. The summed E-state index contributed by atoms with van der Waals surface area (Å²) in [6.07, 6.45) is 0.581. The van der Waals surface area contributed by atoms with Gasteiger partial charge in [0.15, 0.2) is 0 Å². The second-order valence-electron chi connectivity index (χ2n) is 8.86. The molecule has 0 aliphatic carbocycles. The normalized spacial score (nSPS) is 18.0. The molecule has 192 valence electrons. The van der Waals surface area contributed by atoms with Gasteiger partial charge >= 0.3 is 6.03 Å². The first-order valence-corrected chi connectivity index (χ1v) is 12.5. The van der Waals surface area contributed by atoms with E-state index < -0.39 is 0 Å². The Morgan fingerprint density at radius 2 is 1.92 bits per heavy atom. The number of rotatable bonds is 9. The van der Waals surface area contributed by atoms with Crippen LogP contribution in [0.1, 0.15) is 30.5 Å². The number of nitrogens with one attached hydrogen (secondary N) is 1. The number of amides is 3. The monoisotopic (exact) mass is 493 g/mol. The zero-order valence-electron chi connectivity index (χ0n) is 21.1. The number of morpholine rings is 1. The molecule has 2 aliphatic rings. The lowest BCUT2D eigenvalue weighted by molar-refractivity contribution is -0.133. The van der Waals surface area contributed by atoms with Crippen molar-refractivity contribution >= 4 is 17.6 Å². The molecule has 0 aromatic heterocycles. The Kier molecular flexibility index (Phi) is 8.91. The second kappa shape index (κ2) is 12.5. The number of methoxy groups -OCH3 is 1. The predicted molar refractivity (Wildman–Crippen MR) is 138 cm³/mol. The molecule has 0 unspecified atom stereocenters. The van der Waals surface area contributed by atoms with Crippen LogP contribution in [-0.4, -0.2) is 92.1 Å². The Labute approximate surface area is 212 Å². The molecule has 0 spiro atoms. The van der Waals surface area contributed by atoms with Crippen molar-refractivity contribution in [3.8, 4) is 5.75 Å². The Morgan fingerprint density at radius 1 is 1.14 bits per heavy atom. The standard InChI is InChI=1S/C27H35N5O4/c1-3-28-27(34)31(13-12-30-14-16-36-17-15-30)20-26(33)32-25(21-8-5-4-6-9-21)19-24(29-32)22-10-7-11-23(18-22)35-2/h4-11,18,25H,3,12-17,19-20H2,1-2H3,(H,28,34)/t25-/m0/s1. The van der Waals surface area contributed by atoms with E-state index in [1.807, 2.05) is 61.5 Å². The van der Waals surface area contributed by atoms with Crippen molar-refractivity contribution < 1.29 is 19.1 Å². The molecule has 0 bridgehead atoms. The van der Waals surface area contributed by atoms with Crippen molar-refractivity contribution in [3.05, 3.63) is 65.7 Å². The number of ether oxygens (including phenoxy) is 2. The summed E-state index contributed by atoms with van der Waals surface area (Å²) in [5.41, 5.74) is 2.73. The number of benzene rings is 2. The third-order valence-electron chi connectivity index (χ3n) is 6.48. The molecule has 1 fully saturated rings. The fourth-order valence-electron chi connectivity index (χ4n) is 4.49. The van der Waals surface area contributed by atoms with Crippen LogP contribution in [0.4, 0.5) is 4.79 Å². The summed E-state index contributed by atoms with van der Waals surface area (Å²) >= 11 is 0. The van der Waals surface area contributed by atoms with Crippen molar-refractivity contribution in [2.75, 3.05) is 59.6 Å². The van der Waals surface area contributed by atoms with Crippen LogP contribution in [0.3, 0.4) is 0 Å². The molecule has 1 N–H and O–H groups in total. The van der Waals surface area contributed by atoms with Gasteiger partial charge in [-0.3, -0.25) is 9.69 Å². The fourth-order valence-corrected chi connectivity index (χ4v) is 4.49. The summed E-state index contributed by atoms with van der Waals surface area (Å²) in [4.78, 5) is 30.3. The Bertz CT molecular complexity index is 1060. The Balaban J connectivity index is 1.54. The van der Waals surface area contributed by atoms with Gasteiger partial charge in [-0.05, 0) is 24.6 Å². The second-order valence-corrected chi connectivity index (χ2v) is 8.86. The molecule has 3 amide bonds. The third kappa shape index (κ3) is 6.41. The van der Waals surface area contributed by atoms with E-state index >= 15 is 0 Å². The van der Waals surface area contributed by atoms with Crippen LogP contribution in [-0.2, 0) is 9.53 Å². The number of carbonyl (C=O) groups excluding carboxylic acids is 2. The lowest BCUT2D eigenvalue weighted by atomic mass is 9.98. The molecule has 0 saturated carbocycles. The highest BCUT2D eigenvalue weighted by molar-refractivity contribution is 6.03. The minimum absolute atomic E-state index is 0.0472. The van der Waals surface area contributed by atoms with Crippen molar-refractivity contribution in [1.82, 2.24) is 20.1 Å². The minimum Gasteiger partial charge on any atom is -0.497 e. The molecule has 2 heterocycles. The van der Waals surface area contributed by atoms with Crippen molar-refractivity contribution in [3.63, 3.8) is 0 Å². The Morgan fingerprint density at radius 3 is 2.64 bits per heavy atom. The van der Waals surface area contributed by atoms with Gasteiger partial charge in [-0.25, -0.2) is 9.80 Å². The summed E-state index contributed by atoms with van der Waals surface area (Å²) in [5.74, 6) is 0.525. The fraction of sp³-hybridized carbons (Fsp3) is 0.444. The molecule has 0 radical (unpaired) electrons. The summed E-state index contributed by atoms with van der Waals surface area (Å²) in [6, 6.07) is 17.1. The molecular weight excluding hydrogens is 458 g/mol. The first-order chi connectivity index (χ1) is 17.6. The number of nitrogens with zero attached hydrogens (tertiary/aromatic N) is 4. The SMILES string of the molecule is CCNC(=O)N(CCN1CCOCC1)CC(=O)N1N=C(c2cccc(OC)c2)C[C@H]1c1ccccc1. The molecule has 2 aromatic carbocycles. The molecule has 2 aliphatic heterocycles. The van der Waals surface area contributed by atoms with Gasteiger partial charge in [0.25, 0.3) is 5.91 Å². The molecule has 9 heteroatoms. The molecule has 1 saturated heterocycles. The molecular formula is C27H35N5O4. The van der Waals surface area contributed by atoms with E-state index in [1.54, 1.807) is 17.0 Å². The minimum atomic E-state index is -0.244. The van der Waals surface area contributed by atoms with Gasteiger partial charge < -0.3 is 19.7 Å². The molecule has 1 atom stereocenters. The molecule has 2 aromatic rings. The van der Waals surface area contributed by atoms with Crippen LogP contribution in [0.2, 0.25) is 0 Å². The van der Waals surface area contributed by atoms with Gasteiger partial charge in [-0.2, -0.15) is 5.10 Å². The van der Waals surface area contributed by atoms with Crippen LogP contribution < -0.4 is 10.1 Å². The number of hydrogen-bond acceptors (Lipinski definition) is 6. The molecule has 9 nitrogen and oxygen atoms in total. The van der Waals surface area contributed by atoms with Gasteiger partial charge in [0.2, 0.25) is 0 Å². The topological polar surface area (TPSA) is 86.7 Å². The summed E-state index contributed by atoms with van der Waals surface area (Å²) < 4.78 is 10.8. The van der Waals surface area contributed by atoms with Crippen LogP contribution in [0, 0.1) is 0 Å². The maximum absolute atomic E-state index is 13.6. The van der Waals surface area contributed by atoms with Crippen molar-refractivity contribution in [1.29, 1.82) is 0 Å². The van der Waals surface area contributed by atoms with E-state index in [4.69, 9.17) is 14.6 Å². The van der Waals surface area contributed by atoms with Gasteiger partial charge in [-0.1, -0.05) is 42.5 Å². The van der Waals surface area contributed by atoms with Gasteiger partial charge in [0, 0.05) is 44.7 Å². The van der Waals surface area contributed by atoms with Gasteiger partial charge in [0.05, 0.1) is 32.1 Å². The van der Waals surface area contributed by atoms with E-state index in [1.165, 1.54) is 0 Å². The highest BCUT2D eigenvalue weighted by Crippen LogP contribution is 2.33. The summed E-state index contributed by atoms with van der Waals surface area (Å²) in [7, 11) is 1.63. The highest BCUT2D eigenvalue weighted by Gasteiger charge is 2.34. The van der Waals surface area contributed by atoms with Crippen molar-refractivity contribution in [2.24, 2.45) is 5.10 Å².